The SMILES string of the molecule is CCc1ccccc1NC(=O)Cn1cnc2cc(C)c(C)cc21. The van der Waals surface area contributed by atoms with Crippen molar-refractivity contribution in [1.82, 2.24) is 9.55 Å². The van der Waals surface area contributed by atoms with Crippen molar-refractivity contribution in [3.8, 4) is 0 Å². The molecule has 0 aliphatic heterocycles. The smallest absolute Gasteiger partial charge is 0.244 e. The van der Waals surface area contributed by atoms with E-state index in [-0.39, 0.29) is 12.5 Å². The number of benzene rings is 2. The quantitative estimate of drug-likeness (QED) is 0.795. The van der Waals surface area contributed by atoms with Crippen molar-refractivity contribution < 1.29 is 4.79 Å². The van der Waals surface area contributed by atoms with E-state index in [4.69, 9.17) is 0 Å². The Hall–Kier alpha value is -2.62. The van der Waals surface area contributed by atoms with Crippen LogP contribution in [-0.2, 0) is 17.8 Å². The van der Waals surface area contributed by atoms with Crippen LogP contribution in [0, 0.1) is 13.8 Å². The van der Waals surface area contributed by atoms with Gasteiger partial charge in [0, 0.05) is 5.69 Å². The van der Waals surface area contributed by atoms with E-state index in [0.29, 0.717) is 0 Å². The van der Waals surface area contributed by atoms with Crippen molar-refractivity contribution in [1.29, 1.82) is 0 Å². The van der Waals surface area contributed by atoms with Gasteiger partial charge in [0.05, 0.1) is 17.4 Å². The van der Waals surface area contributed by atoms with Crippen molar-refractivity contribution in [2.75, 3.05) is 5.32 Å². The van der Waals surface area contributed by atoms with Crippen LogP contribution in [0.5, 0.6) is 0 Å². The predicted molar refractivity (Wildman–Crippen MR) is 93.7 cm³/mol. The van der Waals surface area contributed by atoms with Gasteiger partial charge in [0.1, 0.15) is 6.54 Å². The van der Waals surface area contributed by atoms with Crippen LogP contribution in [0.4, 0.5) is 5.69 Å². The molecule has 118 valence electrons. The summed E-state index contributed by atoms with van der Waals surface area (Å²) in [7, 11) is 0. The number of fused-ring (bicyclic) bond motifs is 1. The summed E-state index contributed by atoms with van der Waals surface area (Å²) in [5, 5.41) is 3.00. The molecule has 3 rings (SSSR count). The van der Waals surface area contributed by atoms with E-state index in [2.05, 4.69) is 43.2 Å². The molecule has 0 spiro atoms. The molecule has 0 aliphatic rings. The third kappa shape index (κ3) is 3.11. The number of nitrogens with zero attached hydrogens (tertiary/aromatic N) is 2. The molecule has 0 unspecified atom stereocenters. The number of hydrogen-bond donors (Lipinski definition) is 1. The van der Waals surface area contributed by atoms with Gasteiger partial charge >= 0.3 is 0 Å². The Morgan fingerprint density at radius 1 is 1.17 bits per heavy atom. The van der Waals surface area contributed by atoms with E-state index < -0.39 is 0 Å². The maximum absolute atomic E-state index is 12.4. The zero-order chi connectivity index (χ0) is 16.4. The number of nitrogens with one attached hydrogen (secondary N) is 1. The highest BCUT2D eigenvalue weighted by atomic mass is 16.1. The van der Waals surface area contributed by atoms with Crippen LogP contribution in [0.1, 0.15) is 23.6 Å². The standard InChI is InChI=1S/C19H21N3O/c1-4-15-7-5-6-8-16(15)21-19(23)11-22-12-20-17-9-13(2)14(3)10-18(17)22/h5-10,12H,4,11H2,1-3H3,(H,21,23). The Bertz CT molecular complexity index is 864. The fourth-order valence-corrected chi connectivity index (χ4v) is 2.73. The lowest BCUT2D eigenvalue weighted by Crippen LogP contribution is -2.19. The second kappa shape index (κ2) is 6.24. The lowest BCUT2D eigenvalue weighted by atomic mass is 10.1. The fourth-order valence-electron chi connectivity index (χ4n) is 2.73. The first-order chi connectivity index (χ1) is 11.1. The van der Waals surface area contributed by atoms with Gasteiger partial charge in [-0.05, 0) is 55.2 Å². The van der Waals surface area contributed by atoms with Crippen LogP contribution in [0.3, 0.4) is 0 Å². The molecule has 0 atom stereocenters. The molecule has 1 aromatic heterocycles. The van der Waals surface area contributed by atoms with E-state index in [9.17, 15) is 4.79 Å². The maximum atomic E-state index is 12.4. The van der Waals surface area contributed by atoms with E-state index in [1.807, 2.05) is 28.8 Å². The molecule has 0 fully saturated rings. The molecule has 1 heterocycles. The Balaban J connectivity index is 1.82. The average molecular weight is 307 g/mol. The molecular formula is C19H21N3O. The number of para-hydroxylation sites is 1. The summed E-state index contributed by atoms with van der Waals surface area (Å²) < 4.78 is 1.89. The minimum absolute atomic E-state index is 0.0385. The first-order valence-corrected chi connectivity index (χ1v) is 7.88. The molecule has 3 aromatic rings. The molecule has 0 saturated heterocycles. The summed E-state index contributed by atoms with van der Waals surface area (Å²) in [4.78, 5) is 16.8. The molecule has 0 bridgehead atoms. The number of aromatic nitrogens is 2. The first-order valence-electron chi connectivity index (χ1n) is 7.88. The third-order valence-electron chi connectivity index (χ3n) is 4.22. The Morgan fingerprint density at radius 3 is 2.70 bits per heavy atom. The summed E-state index contributed by atoms with van der Waals surface area (Å²) in [6.45, 7) is 6.49. The lowest BCUT2D eigenvalue weighted by Gasteiger charge is -2.10. The fraction of sp³-hybridized carbons (Fsp3) is 0.263. The van der Waals surface area contributed by atoms with E-state index in [0.717, 1.165) is 28.7 Å². The number of aryl methyl sites for hydroxylation is 3. The number of hydrogen-bond acceptors (Lipinski definition) is 2. The summed E-state index contributed by atoms with van der Waals surface area (Å²) in [6, 6.07) is 12.1. The normalized spacial score (nSPS) is 10.9. The zero-order valence-corrected chi connectivity index (χ0v) is 13.8. The van der Waals surface area contributed by atoms with Crippen LogP contribution in [-0.4, -0.2) is 15.5 Å². The molecule has 0 radical (unpaired) electrons. The molecule has 4 nitrogen and oxygen atoms in total. The summed E-state index contributed by atoms with van der Waals surface area (Å²) in [6.07, 6.45) is 2.62. The highest BCUT2D eigenvalue weighted by molar-refractivity contribution is 5.92. The van der Waals surface area contributed by atoms with Gasteiger partial charge < -0.3 is 9.88 Å². The number of imidazole rings is 1. The number of carbonyl (C=O) groups excluding carboxylic acids is 1. The predicted octanol–water partition coefficient (Wildman–Crippen LogP) is 3.85. The number of rotatable bonds is 4. The summed E-state index contributed by atoms with van der Waals surface area (Å²) in [5.74, 6) is -0.0385. The Kier molecular flexibility index (Phi) is 4.15. The van der Waals surface area contributed by atoms with Crippen LogP contribution in [0.2, 0.25) is 0 Å². The number of anilines is 1. The summed E-state index contributed by atoms with van der Waals surface area (Å²) in [5.41, 5.74) is 6.36. The van der Waals surface area contributed by atoms with Crippen molar-refractivity contribution in [2.45, 2.75) is 33.7 Å². The van der Waals surface area contributed by atoms with Crippen LogP contribution in [0.15, 0.2) is 42.7 Å². The van der Waals surface area contributed by atoms with Crippen molar-refractivity contribution in [3.05, 3.63) is 59.4 Å². The van der Waals surface area contributed by atoms with Gasteiger partial charge in [-0.15, -0.1) is 0 Å². The Morgan fingerprint density at radius 2 is 1.91 bits per heavy atom. The molecule has 0 saturated carbocycles. The second-order valence-corrected chi connectivity index (χ2v) is 5.86. The van der Waals surface area contributed by atoms with Gasteiger partial charge in [-0.2, -0.15) is 0 Å². The number of amides is 1. The first kappa shape index (κ1) is 15.3. The Labute approximate surface area is 136 Å². The van der Waals surface area contributed by atoms with E-state index in [1.54, 1.807) is 6.33 Å². The molecule has 23 heavy (non-hydrogen) atoms. The highest BCUT2D eigenvalue weighted by Gasteiger charge is 2.10. The molecule has 1 N–H and O–H groups in total. The minimum atomic E-state index is -0.0385. The van der Waals surface area contributed by atoms with Crippen LogP contribution < -0.4 is 5.32 Å². The van der Waals surface area contributed by atoms with Gasteiger partial charge in [-0.3, -0.25) is 4.79 Å². The van der Waals surface area contributed by atoms with Gasteiger partial charge in [0.15, 0.2) is 0 Å². The second-order valence-electron chi connectivity index (χ2n) is 5.86. The van der Waals surface area contributed by atoms with Crippen LogP contribution >= 0.6 is 0 Å². The van der Waals surface area contributed by atoms with Gasteiger partial charge in [0.25, 0.3) is 0 Å². The van der Waals surface area contributed by atoms with E-state index >= 15 is 0 Å². The third-order valence-corrected chi connectivity index (χ3v) is 4.22. The maximum Gasteiger partial charge on any atom is 0.244 e. The molecule has 1 amide bonds. The highest BCUT2D eigenvalue weighted by Crippen LogP contribution is 2.19. The van der Waals surface area contributed by atoms with Crippen molar-refractivity contribution in [3.63, 3.8) is 0 Å². The van der Waals surface area contributed by atoms with Gasteiger partial charge in [0.2, 0.25) is 5.91 Å². The van der Waals surface area contributed by atoms with Gasteiger partial charge in [-0.1, -0.05) is 25.1 Å². The molecular weight excluding hydrogens is 286 g/mol. The minimum Gasteiger partial charge on any atom is -0.324 e. The van der Waals surface area contributed by atoms with Crippen molar-refractivity contribution >= 4 is 22.6 Å². The number of carbonyl (C=O) groups is 1. The zero-order valence-electron chi connectivity index (χ0n) is 13.8. The largest absolute Gasteiger partial charge is 0.324 e. The van der Waals surface area contributed by atoms with Gasteiger partial charge in [-0.25, -0.2) is 4.98 Å². The van der Waals surface area contributed by atoms with Crippen LogP contribution in [0.25, 0.3) is 11.0 Å². The summed E-state index contributed by atoms with van der Waals surface area (Å²) >= 11 is 0. The average Bonchev–Trinajstić information content (AvgIpc) is 2.90. The molecule has 2 aromatic carbocycles. The van der Waals surface area contributed by atoms with E-state index in [1.165, 1.54) is 11.1 Å². The topological polar surface area (TPSA) is 46.9 Å². The molecule has 4 heteroatoms. The lowest BCUT2D eigenvalue weighted by molar-refractivity contribution is -0.116. The monoisotopic (exact) mass is 307 g/mol. The molecule has 0 aliphatic carbocycles. The van der Waals surface area contributed by atoms with Crippen molar-refractivity contribution in [2.24, 2.45) is 0 Å².